The fourth-order valence-electron chi connectivity index (χ4n) is 3.64. The maximum Gasteiger partial charge on any atom is 0.189 e. The van der Waals surface area contributed by atoms with Crippen LogP contribution in [0.2, 0.25) is 0 Å². The molecule has 0 aliphatic carbocycles. The van der Waals surface area contributed by atoms with E-state index >= 15 is 0 Å². The average molecular weight is 395 g/mol. The van der Waals surface area contributed by atoms with E-state index in [0.717, 1.165) is 56.2 Å². The summed E-state index contributed by atoms with van der Waals surface area (Å²) < 4.78 is 0. The molecule has 7 heteroatoms. The van der Waals surface area contributed by atoms with Crippen molar-refractivity contribution in [1.29, 1.82) is 0 Å². The molecule has 0 amide bonds. The summed E-state index contributed by atoms with van der Waals surface area (Å²) in [6.07, 6.45) is 2.67. The van der Waals surface area contributed by atoms with Crippen LogP contribution in [0.5, 0.6) is 0 Å². The first-order valence-corrected chi connectivity index (χ1v) is 10.2. The minimum absolute atomic E-state index is 0.684. The summed E-state index contributed by atoms with van der Waals surface area (Å²) in [5.74, 6) is 0. The summed E-state index contributed by atoms with van der Waals surface area (Å²) in [6, 6.07) is 10.7. The van der Waals surface area contributed by atoms with Crippen molar-refractivity contribution < 1.29 is 0 Å². The van der Waals surface area contributed by atoms with Gasteiger partial charge in [-0.05, 0) is 49.8 Å². The molecule has 1 aromatic carbocycles. The van der Waals surface area contributed by atoms with E-state index < -0.39 is 0 Å². The Balaban J connectivity index is 1.36. The molecule has 0 unspecified atom stereocenters. The van der Waals surface area contributed by atoms with Crippen LogP contribution < -0.4 is 15.6 Å². The number of benzene rings is 1. The normalized spacial score (nSPS) is 17.9. The summed E-state index contributed by atoms with van der Waals surface area (Å²) >= 11 is 5.59. The highest BCUT2D eigenvalue weighted by Crippen LogP contribution is 2.23. The molecule has 0 radical (unpaired) electrons. The van der Waals surface area contributed by atoms with E-state index in [9.17, 15) is 0 Å². The van der Waals surface area contributed by atoms with E-state index in [-0.39, 0.29) is 0 Å². The molecule has 6 nitrogen and oxygen atoms in total. The Kier molecular flexibility index (Phi) is 5.43. The molecule has 1 fully saturated rings. The van der Waals surface area contributed by atoms with E-state index in [0.29, 0.717) is 5.11 Å². The second-order valence-electron chi connectivity index (χ2n) is 7.31. The summed E-state index contributed by atoms with van der Waals surface area (Å²) in [5.41, 5.74) is 9.81. The van der Waals surface area contributed by atoms with E-state index in [1.54, 1.807) is 0 Å². The van der Waals surface area contributed by atoms with Gasteiger partial charge in [-0.3, -0.25) is 10.4 Å². The van der Waals surface area contributed by atoms with Crippen molar-refractivity contribution in [3.63, 3.8) is 0 Å². The van der Waals surface area contributed by atoms with E-state index in [1.165, 1.54) is 16.8 Å². The van der Waals surface area contributed by atoms with Gasteiger partial charge in [-0.1, -0.05) is 17.7 Å². The van der Waals surface area contributed by atoms with Crippen LogP contribution in [0.1, 0.15) is 23.2 Å². The van der Waals surface area contributed by atoms with Crippen LogP contribution in [0.15, 0.2) is 41.6 Å². The predicted molar refractivity (Wildman–Crippen MR) is 119 cm³/mol. The Labute approximate surface area is 171 Å². The van der Waals surface area contributed by atoms with Crippen molar-refractivity contribution in [3.8, 4) is 0 Å². The molecule has 2 aromatic rings. The van der Waals surface area contributed by atoms with Gasteiger partial charge in [0.2, 0.25) is 0 Å². The molecule has 146 valence electrons. The summed E-state index contributed by atoms with van der Waals surface area (Å²) in [7, 11) is 0. The Hall–Kier alpha value is -2.67. The number of anilines is 2. The largest absolute Gasteiger partial charge is 0.383 e. The van der Waals surface area contributed by atoms with Gasteiger partial charge in [-0.25, -0.2) is 0 Å². The van der Waals surface area contributed by atoms with Crippen LogP contribution in [-0.2, 0) is 0 Å². The number of rotatable bonds is 2. The lowest BCUT2D eigenvalue weighted by molar-refractivity contribution is 0.381. The maximum absolute atomic E-state index is 5.59. The molecule has 2 aliphatic rings. The fraction of sp³-hybridized carbons (Fsp3) is 0.381. The molecule has 1 aromatic heterocycles. The lowest BCUT2D eigenvalue weighted by Gasteiger charge is -2.37. The number of piperazine rings is 1. The SMILES string of the molecule is Cc1ccc(N2CCN(C(=S)N/N=C3/CCNc4c(C)ccnc43)CC2)cc1. The highest BCUT2D eigenvalue weighted by atomic mass is 32.1. The predicted octanol–water partition coefficient (Wildman–Crippen LogP) is 2.91. The number of nitrogens with zero attached hydrogens (tertiary/aromatic N) is 4. The zero-order chi connectivity index (χ0) is 19.5. The van der Waals surface area contributed by atoms with Gasteiger partial charge in [0, 0.05) is 51.0 Å². The molecule has 1 saturated heterocycles. The summed E-state index contributed by atoms with van der Waals surface area (Å²) in [6.45, 7) is 8.75. The molecule has 2 N–H and O–H groups in total. The highest BCUT2D eigenvalue weighted by molar-refractivity contribution is 7.80. The van der Waals surface area contributed by atoms with Crippen LogP contribution in [0.3, 0.4) is 0 Å². The Morgan fingerprint density at radius 1 is 1.11 bits per heavy atom. The fourth-order valence-corrected chi connectivity index (χ4v) is 3.87. The van der Waals surface area contributed by atoms with Gasteiger partial charge in [0.25, 0.3) is 0 Å². The third-order valence-electron chi connectivity index (χ3n) is 5.35. The molecule has 4 rings (SSSR count). The summed E-state index contributed by atoms with van der Waals surface area (Å²) in [5, 5.41) is 8.70. The van der Waals surface area contributed by atoms with Crippen LogP contribution in [0.25, 0.3) is 0 Å². The second-order valence-corrected chi connectivity index (χ2v) is 7.70. The van der Waals surface area contributed by atoms with Gasteiger partial charge in [-0.15, -0.1) is 0 Å². The smallest absolute Gasteiger partial charge is 0.189 e. The first-order valence-electron chi connectivity index (χ1n) is 9.75. The molecular formula is C21H26N6S. The number of fused-ring (bicyclic) bond motifs is 1. The minimum atomic E-state index is 0.684. The molecule has 2 aliphatic heterocycles. The zero-order valence-corrected chi connectivity index (χ0v) is 17.2. The van der Waals surface area contributed by atoms with E-state index in [4.69, 9.17) is 12.2 Å². The van der Waals surface area contributed by atoms with Crippen molar-refractivity contribution in [2.75, 3.05) is 42.9 Å². The third-order valence-corrected chi connectivity index (χ3v) is 5.70. The molecule has 0 saturated carbocycles. The minimum Gasteiger partial charge on any atom is -0.383 e. The Morgan fingerprint density at radius 3 is 2.61 bits per heavy atom. The van der Waals surface area contributed by atoms with Crippen LogP contribution in [0.4, 0.5) is 11.4 Å². The average Bonchev–Trinajstić information content (AvgIpc) is 2.73. The van der Waals surface area contributed by atoms with Crippen LogP contribution >= 0.6 is 12.2 Å². The van der Waals surface area contributed by atoms with E-state index in [2.05, 4.69) is 68.7 Å². The highest BCUT2D eigenvalue weighted by Gasteiger charge is 2.21. The van der Waals surface area contributed by atoms with Gasteiger partial charge in [0.05, 0.1) is 11.4 Å². The number of aryl methyl sites for hydroxylation is 2. The molecule has 0 atom stereocenters. The molecular weight excluding hydrogens is 368 g/mol. The van der Waals surface area contributed by atoms with Gasteiger partial charge in [-0.2, -0.15) is 5.10 Å². The topological polar surface area (TPSA) is 55.8 Å². The lowest BCUT2D eigenvalue weighted by Crippen LogP contribution is -2.51. The van der Waals surface area contributed by atoms with Gasteiger partial charge in [0.15, 0.2) is 5.11 Å². The quantitative estimate of drug-likeness (QED) is 0.603. The van der Waals surface area contributed by atoms with Crippen molar-refractivity contribution in [1.82, 2.24) is 15.3 Å². The number of hydrazone groups is 1. The molecule has 3 heterocycles. The Bertz CT molecular complexity index is 884. The van der Waals surface area contributed by atoms with Gasteiger partial charge in [0.1, 0.15) is 5.69 Å². The first kappa shape index (κ1) is 18.7. The number of thiocarbonyl (C=S) groups is 1. The number of aromatic nitrogens is 1. The zero-order valence-electron chi connectivity index (χ0n) is 16.4. The Morgan fingerprint density at radius 2 is 1.86 bits per heavy atom. The second kappa shape index (κ2) is 8.14. The third kappa shape index (κ3) is 3.94. The van der Waals surface area contributed by atoms with Gasteiger partial charge < -0.3 is 15.1 Å². The molecule has 28 heavy (non-hydrogen) atoms. The molecule has 0 bridgehead atoms. The number of hydrogen-bond acceptors (Lipinski definition) is 5. The monoisotopic (exact) mass is 394 g/mol. The molecule has 0 spiro atoms. The number of nitrogens with one attached hydrogen (secondary N) is 2. The van der Waals surface area contributed by atoms with Crippen LogP contribution in [-0.4, -0.2) is 53.4 Å². The number of hydrogen-bond donors (Lipinski definition) is 2. The first-order chi connectivity index (χ1) is 13.6. The van der Waals surface area contributed by atoms with Crippen molar-refractivity contribution in [2.24, 2.45) is 5.10 Å². The van der Waals surface area contributed by atoms with Gasteiger partial charge >= 0.3 is 0 Å². The maximum atomic E-state index is 5.59. The van der Waals surface area contributed by atoms with Crippen molar-refractivity contribution in [3.05, 3.63) is 53.3 Å². The van der Waals surface area contributed by atoms with Crippen molar-refractivity contribution in [2.45, 2.75) is 20.3 Å². The lowest BCUT2D eigenvalue weighted by atomic mass is 10.0. The summed E-state index contributed by atoms with van der Waals surface area (Å²) in [4.78, 5) is 9.10. The van der Waals surface area contributed by atoms with E-state index in [1.807, 2.05) is 12.3 Å². The number of pyridine rings is 1. The van der Waals surface area contributed by atoms with Crippen LogP contribution in [0, 0.1) is 13.8 Å². The van der Waals surface area contributed by atoms with Crippen molar-refractivity contribution >= 4 is 34.4 Å². The standard InChI is InChI=1S/C21H26N6S/c1-15-3-5-17(6-4-15)26-11-13-27(14-12-26)21(28)25-24-18-8-10-22-19-16(2)7-9-23-20(18)19/h3-7,9,22H,8,10-14H2,1-2H3,(H,25,28)/b24-18-.